The van der Waals surface area contributed by atoms with Gasteiger partial charge in [0, 0.05) is 6.54 Å². The van der Waals surface area contributed by atoms with Crippen molar-refractivity contribution >= 4 is 24.6 Å². The van der Waals surface area contributed by atoms with Crippen LogP contribution < -0.4 is 5.32 Å². The molecule has 2 aliphatic rings. The third kappa shape index (κ3) is 2.37. The molecule has 0 aromatic heterocycles. The molecule has 0 unspecified atom stereocenters. The van der Waals surface area contributed by atoms with Gasteiger partial charge in [-0.25, -0.2) is 4.79 Å². The van der Waals surface area contributed by atoms with Gasteiger partial charge in [-0.15, -0.1) is 0 Å². The maximum Gasteiger partial charge on any atom is 0.325 e. The molecule has 108 valence electrons. The minimum Gasteiger partial charge on any atom is -0.323 e. The van der Waals surface area contributed by atoms with Gasteiger partial charge in [-0.05, 0) is 36.9 Å². The largest absolute Gasteiger partial charge is 0.325 e. The number of urea groups is 1. The summed E-state index contributed by atoms with van der Waals surface area (Å²) in [5, 5.41) is 2.94. The van der Waals surface area contributed by atoms with Crippen LogP contribution in [0, 0.1) is 5.41 Å². The van der Waals surface area contributed by atoms with Crippen molar-refractivity contribution in [3.8, 4) is 0 Å². The fraction of sp³-hybridized carbons (Fsp3) is 0.857. The van der Waals surface area contributed by atoms with Crippen molar-refractivity contribution in [3.05, 3.63) is 0 Å². The first-order chi connectivity index (χ1) is 9.02. The van der Waals surface area contributed by atoms with E-state index in [1.165, 1.54) is 4.90 Å². The lowest BCUT2D eigenvalue weighted by Gasteiger charge is -2.33. The van der Waals surface area contributed by atoms with Crippen molar-refractivity contribution in [1.29, 1.82) is 0 Å². The van der Waals surface area contributed by atoms with Crippen LogP contribution in [0.15, 0.2) is 0 Å². The summed E-state index contributed by atoms with van der Waals surface area (Å²) in [5.41, 5.74) is -0.638. The lowest BCUT2D eigenvalue weighted by atomic mass is 9.83. The molecule has 0 aromatic rings. The molecule has 1 spiro atoms. The molecule has 0 radical (unpaired) electrons. The van der Waals surface area contributed by atoms with E-state index in [1.54, 1.807) is 0 Å². The number of amides is 3. The summed E-state index contributed by atoms with van der Waals surface area (Å²) in [6.45, 7) is 4.70. The molecular formula is C14H24N2O2S. The topological polar surface area (TPSA) is 49.4 Å². The Morgan fingerprint density at radius 2 is 1.84 bits per heavy atom. The highest BCUT2D eigenvalue weighted by Crippen LogP contribution is 2.37. The van der Waals surface area contributed by atoms with Crippen LogP contribution in [0.25, 0.3) is 0 Å². The number of nitrogens with one attached hydrogen (secondary N) is 1. The highest BCUT2D eigenvalue weighted by atomic mass is 32.1. The Hall–Kier alpha value is -0.710. The third-order valence-electron chi connectivity index (χ3n) is 5.03. The molecule has 1 N–H and O–H groups in total. The quantitative estimate of drug-likeness (QED) is 0.602. The van der Waals surface area contributed by atoms with Crippen molar-refractivity contribution in [2.45, 2.75) is 57.9 Å². The fourth-order valence-electron chi connectivity index (χ4n) is 3.22. The summed E-state index contributed by atoms with van der Waals surface area (Å²) >= 11 is 4.43. The lowest BCUT2D eigenvalue weighted by molar-refractivity contribution is -0.132. The number of carbonyl (C=O) groups is 2. The molecule has 3 amide bonds. The molecule has 19 heavy (non-hydrogen) atoms. The van der Waals surface area contributed by atoms with Gasteiger partial charge < -0.3 is 5.32 Å². The van der Waals surface area contributed by atoms with Gasteiger partial charge in [-0.3, -0.25) is 9.69 Å². The molecule has 1 heterocycles. The van der Waals surface area contributed by atoms with Crippen molar-refractivity contribution < 1.29 is 9.59 Å². The monoisotopic (exact) mass is 284 g/mol. The molecule has 4 nitrogen and oxygen atoms in total. The van der Waals surface area contributed by atoms with Gasteiger partial charge in [0.1, 0.15) is 5.54 Å². The van der Waals surface area contributed by atoms with Gasteiger partial charge in [-0.1, -0.05) is 26.7 Å². The zero-order chi connectivity index (χ0) is 14.1. The summed E-state index contributed by atoms with van der Waals surface area (Å²) in [6.07, 6.45) is 5.49. The highest BCUT2D eigenvalue weighted by Gasteiger charge is 2.53. The number of rotatable bonds is 5. The Balaban J connectivity index is 2.17. The molecule has 1 saturated heterocycles. The van der Waals surface area contributed by atoms with Gasteiger partial charge in [0.2, 0.25) is 0 Å². The van der Waals surface area contributed by atoms with E-state index < -0.39 is 5.54 Å². The minimum absolute atomic E-state index is 0.0111. The molecule has 1 aliphatic heterocycles. The van der Waals surface area contributed by atoms with E-state index >= 15 is 0 Å². The Bertz CT molecular complexity index is 365. The number of carbonyl (C=O) groups excluding carboxylic acids is 2. The summed E-state index contributed by atoms with van der Waals surface area (Å²) in [5.74, 6) is 0.687. The number of hydrogen-bond acceptors (Lipinski definition) is 3. The van der Waals surface area contributed by atoms with Crippen molar-refractivity contribution in [2.75, 3.05) is 12.3 Å². The van der Waals surface area contributed by atoms with Crippen LogP contribution in [-0.4, -0.2) is 34.7 Å². The molecule has 0 aromatic carbocycles. The molecule has 2 rings (SSSR count). The van der Waals surface area contributed by atoms with Gasteiger partial charge >= 0.3 is 6.03 Å². The number of imide groups is 1. The van der Waals surface area contributed by atoms with E-state index in [9.17, 15) is 9.59 Å². The number of nitrogens with zero attached hydrogens (tertiary/aromatic N) is 1. The van der Waals surface area contributed by atoms with Crippen molar-refractivity contribution in [2.24, 2.45) is 5.41 Å². The van der Waals surface area contributed by atoms with E-state index in [2.05, 4.69) is 31.8 Å². The summed E-state index contributed by atoms with van der Waals surface area (Å²) < 4.78 is 0. The Labute approximate surface area is 120 Å². The summed E-state index contributed by atoms with van der Waals surface area (Å²) in [7, 11) is 0. The Kier molecular flexibility index (Phi) is 4.14. The van der Waals surface area contributed by atoms with E-state index in [0.717, 1.165) is 38.5 Å². The fourth-order valence-corrected chi connectivity index (χ4v) is 3.77. The smallest absolute Gasteiger partial charge is 0.323 e. The molecule has 1 saturated carbocycles. The van der Waals surface area contributed by atoms with Crippen LogP contribution in [0.2, 0.25) is 0 Å². The minimum atomic E-state index is -0.582. The number of thiol groups is 1. The molecule has 1 aliphatic carbocycles. The van der Waals surface area contributed by atoms with Crippen LogP contribution in [0.4, 0.5) is 4.79 Å². The highest BCUT2D eigenvalue weighted by molar-refractivity contribution is 7.80. The predicted molar refractivity (Wildman–Crippen MR) is 78.3 cm³/mol. The van der Waals surface area contributed by atoms with E-state index in [1.807, 2.05) is 0 Å². The maximum absolute atomic E-state index is 12.6. The second-order valence-corrected chi connectivity index (χ2v) is 6.29. The Morgan fingerprint density at radius 1 is 1.26 bits per heavy atom. The van der Waals surface area contributed by atoms with E-state index in [0.29, 0.717) is 12.3 Å². The van der Waals surface area contributed by atoms with Gasteiger partial charge in [-0.2, -0.15) is 12.6 Å². The van der Waals surface area contributed by atoms with Gasteiger partial charge in [0.15, 0.2) is 0 Å². The second-order valence-electron chi connectivity index (χ2n) is 5.98. The SMILES string of the molecule is CCC(CC)(CS)CN1C(=O)NC2(CCCC2)C1=O. The first-order valence-electron chi connectivity index (χ1n) is 7.27. The Morgan fingerprint density at radius 3 is 2.32 bits per heavy atom. The molecule has 0 bridgehead atoms. The lowest BCUT2D eigenvalue weighted by Crippen LogP contribution is -2.46. The van der Waals surface area contributed by atoms with Crippen LogP contribution >= 0.6 is 12.6 Å². The zero-order valence-corrected chi connectivity index (χ0v) is 12.8. The van der Waals surface area contributed by atoms with Crippen LogP contribution in [0.5, 0.6) is 0 Å². The van der Waals surface area contributed by atoms with Gasteiger partial charge in [0.25, 0.3) is 5.91 Å². The summed E-state index contributed by atoms with van der Waals surface area (Å²) in [4.78, 5) is 26.2. The zero-order valence-electron chi connectivity index (χ0n) is 11.9. The van der Waals surface area contributed by atoms with Gasteiger partial charge in [0.05, 0.1) is 0 Å². The number of hydrogen-bond donors (Lipinski definition) is 2. The average Bonchev–Trinajstić information content (AvgIpc) is 2.97. The standard InChI is InChI=1S/C14H24N2O2S/c1-3-13(4-2,10-19)9-16-11(17)14(15-12(16)18)7-5-6-8-14/h19H,3-10H2,1-2H3,(H,15,18). The van der Waals surface area contributed by atoms with E-state index in [-0.39, 0.29) is 17.4 Å². The average molecular weight is 284 g/mol. The third-order valence-corrected chi connectivity index (χ3v) is 5.70. The van der Waals surface area contributed by atoms with Crippen LogP contribution in [-0.2, 0) is 4.79 Å². The van der Waals surface area contributed by atoms with Crippen LogP contribution in [0.3, 0.4) is 0 Å². The maximum atomic E-state index is 12.6. The van der Waals surface area contributed by atoms with Crippen molar-refractivity contribution in [1.82, 2.24) is 10.2 Å². The van der Waals surface area contributed by atoms with Crippen LogP contribution in [0.1, 0.15) is 52.4 Å². The first kappa shape index (κ1) is 14.7. The first-order valence-corrected chi connectivity index (χ1v) is 7.91. The normalized spacial score (nSPS) is 22.4. The van der Waals surface area contributed by atoms with Crippen molar-refractivity contribution in [3.63, 3.8) is 0 Å². The molecule has 0 atom stereocenters. The molecule has 2 fully saturated rings. The van der Waals surface area contributed by atoms with E-state index in [4.69, 9.17) is 0 Å². The second kappa shape index (κ2) is 5.35. The summed E-state index contributed by atoms with van der Waals surface area (Å²) in [6, 6.07) is -0.208. The molecule has 5 heteroatoms. The molecular weight excluding hydrogens is 260 g/mol. The predicted octanol–water partition coefficient (Wildman–Crippen LogP) is 2.59.